The van der Waals surface area contributed by atoms with Crippen LogP contribution in [0.3, 0.4) is 0 Å². The maximum atomic E-state index is 13.1. The Kier molecular flexibility index (Phi) is 74.7. The third-order valence-electron chi connectivity index (χ3n) is 20.1. The number of hydrogen-bond acceptors (Lipinski definition) is 15. The smallest absolute Gasteiger partial charge is 0.462 e. The SMILES string of the molecule is CCCCCCCCCCCCCCCCCCC(=O)O[C@H](COC(=O)CCCCCCCCCC(C)C)COP(=O)(O)OC[C@H](O)COP(=O)(O)OC[C@@H](COC(=O)CCCCCCCCCCCCCCCCCC(C)C)OC(=O)CCCCCCCCCCCCCCCCCCCCC(C)C. The van der Waals surface area contributed by atoms with Crippen molar-refractivity contribution in [3.8, 4) is 0 Å². The number of carbonyl (C=O) groups is 4. The Morgan fingerprint density at radius 3 is 0.648 bits per heavy atom. The second-order valence-electron chi connectivity index (χ2n) is 32.4. The summed E-state index contributed by atoms with van der Waals surface area (Å²) in [4.78, 5) is 73.2. The molecule has 17 nitrogen and oxygen atoms in total. The van der Waals surface area contributed by atoms with Crippen LogP contribution in [-0.2, 0) is 65.4 Å². The van der Waals surface area contributed by atoms with E-state index in [2.05, 4.69) is 48.5 Å². The van der Waals surface area contributed by atoms with Gasteiger partial charge in [-0.1, -0.05) is 402 Å². The molecule has 0 saturated carbocycles. The first kappa shape index (κ1) is 103. The molecule has 0 aliphatic rings. The highest BCUT2D eigenvalue weighted by Gasteiger charge is 2.30. The molecule has 0 aromatic heterocycles. The summed E-state index contributed by atoms with van der Waals surface area (Å²) in [5.74, 6) is 0.227. The molecule has 3 N–H and O–H groups in total. The van der Waals surface area contributed by atoms with Crippen LogP contribution in [0.2, 0.25) is 0 Å². The minimum Gasteiger partial charge on any atom is -0.462 e. The molecule has 0 radical (unpaired) electrons. The molecule has 0 rings (SSSR count). The molecule has 0 saturated heterocycles. The van der Waals surface area contributed by atoms with E-state index in [0.717, 1.165) is 108 Å². The lowest BCUT2D eigenvalue weighted by atomic mass is 10.0. The first-order valence-electron chi connectivity index (χ1n) is 44.3. The highest BCUT2D eigenvalue weighted by Crippen LogP contribution is 2.45. The lowest BCUT2D eigenvalue weighted by molar-refractivity contribution is -0.161. The average molecular weight is 1540 g/mol. The van der Waals surface area contributed by atoms with E-state index >= 15 is 0 Å². The topological polar surface area (TPSA) is 237 Å². The number of hydrogen-bond donors (Lipinski definition) is 3. The van der Waals surface area contributed by atoms with E-state index in [0.29, 0.717) is 31.6 Å². The highest BCUT2D eigenvalue weighted by molar-refractivity contribution is 7.47. The van der Waals surface area contributed by atoms with E-state index in [4.69, 9.17) is 37.0 Å². The van der Waals surface area contributed by atoms with Gasteiger partial charge in [0.05, 0.1) is 26.4 Å². The van der Waals surface area contributed by atoms with Gasteiger partial charge in [-0.3, -0.25) is 37.3 Å². The second kappa shape index (κ2) is 76.1. The number of carbonyl (C=O) groups excluding carboxylic acids is 4. The molecule has 0 aromatic carbocycles. The zero-order valence-corrected chi connectivity index (χ0v) is 71.0. The molecule has 0 heterocycles. The van der Waals surface area contributed by atoms with Crippen molar-refractivity contribution in [1.82, 2.24) is 0 Å². The number of phosphoric acid groups is 2. The molecule has 0 bridgehead atoms. The fraction of sp³-hybridized carbons (Fsp3) is 0.953. The fourth-order valence-electron chi connectivity index (χ4n) is 13.4. The Balaban J connectivity index is 5.23. The summed E-state index contributed by atoms with van der Waals surface area (Å²) in [7, 11) is -9.93. The van der Waals surface area contributed by atoms with Gasteiger partial charge in [-0.05, 0) is 43.4 Å². The van der Waals surface area contributed by atoms with Gasteiger partial charge in [0, 0.05) is 25.7 Å². The van der Waals surface area contributed by atoms with E-state index in [1.165, 1.54) is 257 Å². The van der Waals surface area contributed by atoms with Crippen LogP contribution >= 0.6 is 15.6 Å². The zero-order valence-electron chi connectivity index (χ0n) is 69.2. The Hall–Kier alpha value is -1.94. The van der Waals surface area contributed by atoms with E-state index in [-0.39, 0.29) is 25.7 Å². The van der Waals surface area contributed by atoms with Gasteiger partial charge in [0.15, 0.2) is 12.2 Å². The predicted octanol–water partition coefficient (Wildman–Crippen LogP) is 26.1. The lowest BCUT2D eigenvalue weighted by Crippen LogP contribution is -2.30. The Labute approximate surface area is 645 Å². The number of aliphatic hydroxyl groups is 1. The zero-order chi connectivity index (χ0) is 77.2. The van der Waals surface area contributed by atoms with Gasteiger partial charge in [-0.15, -0.1) is 0 Å². The molecule has 0 amide bonds. The number of ether oxygens (including phenoxy) is 4. The number of aliphatic hydroxyl groups excluding tert-OH is 1. The Morgan fingerprint density at radius 2 is 0.438 bits per heavy atom. The lowest BCUT2D eigenvalue weighted by Gasteiger charge is -2.21. The molecular formula is C86H168O17P2. The number of esters is 4. The van der Waals surface area contributed by atoms with Crippen LogP contribution < -0.4 is 0 Å². The van der Waals surface area contributed by atoms with Crippen molar-refractivity contribution in [1.29, 1.82) is 0 Å². The quantitative estimate of drug-likeness (QED) is 0.0222. The molecule has 0 aliphatic carbocycles. The van der Waals surface area contributed by atoms with Crippen molar-refractivity contribution in [3.63, 3.8) is 0 Å². The van der Waals surface area contributed by atoms with E-state index in [1.54, 1.807) is 0 Å². The van der Waals surface area contributed by atoms with Crippen molar-refractivity contribution in [2.24, 2.45) is 17.8 Å². The summed E-state index contributed by atoms with van der Waals surface area (Å²) < 4.78 is 68.9. The summed E-state index contributed by atoms with van der Waals surface area (Å²) in [5.41, 5.74) is 0. The Bertz CT molecular complexity index is 2030. The van der Waals surface area contributed by atoms with Crippen LogP contribution in [0.5, 0.6) is 0 Å². The third-order valence-corrected chi connectivity index (χ3v) is 22.0. The summed E-state index contributed by atoms with van der Waals surface area (Å²) in [6.45, 7) is 12.0. The van der Waals surface area contributed by atoms with Gasteiger partial charge in [-0.25, -0.2) is 9.13 Å². The molecular weight excluding hydrogens is 1370 g/mol. The molecule has 624 valence electrons. The van der Waals surface area contributed by atoms with Gasteiger partial charge < -0.3 is 33.8 Å². The van der Waals surface area contributed by atoms with Crippen molar-refractivity contribution < 1.29 is 80.2 Å². The van der Waals surface area contributed by atoms with E-state index in [9.17, 15) is 43.2 Å². The van der Waals surface area contributed by atoms with Crippen LogP contribution in [0.4, 0.5) is 0 Å². The minimum atomic E-state index is -4.97. The van der Waals surface area contributed by atoms with Crippen molar-refractivity contribution in [2.75, 3.05) is 39.6 Å². The first-order valence-corrected chi connectivity index (χ1v) is 47.3. The molecule has 0 fully saturated rings. The van der Waals surface area contributed by atoms with Gasteiger partial charge in [-0.2, -0.15) is 0 Å². The maximum absolute atomic E-state index is 13.1. The third kappa shape index (κ3) is 79.9. The first-order chi connectivity index (χ1) is 50.7. The van der Waals surface area contributed by atoms with E-state index < -0.39 is 97.5 Å². The van der Waals surface area contributed by atoms with Crippen LogP contribution in [0.25, 0.3) is 0 Å². The van der Waals surface area contributed by atoms with Gasteiger partial charge >= 0.3 is 39.5 Å². The van der Waals surface area contributed by atoms with Gasteiger partial charge in [0.1, 0.15) is 19.3 Å². The molecule has 0 aromatic rings. The highest BCUT2D eigenvalue weighted by atomic mass is 31.2. The number of unbranched alkanes of at least 4 members (excludes halogenated alkanes) is 52. The summed E-state index contributed by atoms with van der Waals surface area (Å²) in [5, 5.41) is 10.7. The molecule has 19 heteroatoms. The monoisotopic (exact) mass is 1540 g/mol. The van der Waals surface area contributed by atoms with Gasteiger partial charge in [0.2, 0.25) is 0 Å². The Morgan fingerprint density at radius 1 is 0.257 bits per heavy atom. The van der Waals surface area contributed by atoms with Gasteiger partial charge in [0.25, 0.3) is 0 Å². The van der Waals surface area contributed by atoms with Crippen molar-refractivity contribution >= 4 is 39.5 Å². The van der Waals surface area contributed by atoms with Crippen LogP contribution in [0.15, 0.2) is 0 Å². The molecule has 105 heavy (non-hydrogen) atoms. The largest absolute Gasteiger partial charge is 0.472 e. The summed E-state index contributed by atoms with van der Waals surface area (Å²) in [6.07, 6.45) is 66.7. The summed E-state index contributed by atoms with van der Waals surface area (Å²) in [6, 6.07) is 0. The maximum Gasteiger partial charge on any atom is 0.472 e. The predicted molar refractivity (Wildman–Crippen MR) is 432 cm³/mol. The normalized spacial score (nSPS) is 13.9. The summed E-state index contributed by atoms with van der Waals surface area (Å²) >= 11 is 0. The average Bonchev–Trinajstić information content (AvgIpc) is 0.903. The number of rotatable bonds is 84. The molecule has 0 spiro atoms. The van der Waals surface area contributed by atoms with Crippen molar-refractivity contribution in [3.05, 3.63) is 0 Å². The van der Waals surface area contributed by atoms with Crippen LogP contribution in [0.1, 0.15) is 453 Å². The standard InChI is InChI=1S/C86H168O17P2/c1-8-9-10-11-12-13-14-15-16-24-30-35-40-47-55-62-70-86(91)103-82(74-97-84(89)68-61-54-49-42-45-52-59-66-79(6)7)76-101-105(94,95)99-72-80(87)71-98-104(92,93)100-75-81(73-96-83(88)67-60-53-46-39-34-29-26-21-23-28-33-38-44-51-58-65-78(4)5)102-85(90)69-63-56-48-41-36-31-25-20-18-17-19-22-27-32-37-43-50-57-64-77(2)3/h77-82,87H,8-76H2,1-7H3,(H,92,93)(H,94,95)/t80-,81-,82-/m1/s1. The van der Waals surface area contributed by atoms with Crippen LogP contribution in [-0.4, -0.2) is 96.7 Å². The molecule has 2 unspecified atom stereocenters. The van der Waals surface area contributed by atoms with Crippen molar-refractivity contribution in [2.45, 2.75) is 471 Å². The second-order valence-corrected chi connectivity index (χ2v) is 35.3. The van der Waals surface area contributed by atoms with E-state index in [1.807, 2.05) is 0 Å². The molecule has 5 atom stereocenters. The number of phosphoric ester groups is 2. The fourth-order valence-corrected chi connectivity index (χ4v) is 14.9. The minimum absolute atomic E-state index is 0.108. The molecule has 0 aliphatic heterocycles. The van der Waals surface area contributed by atoms with Crippen LogP contribution in [0, 0.1) is 17.8 Å².